The van der Waals surface area contributed by atoms with Gasteiger partial charge in [-0.3, -0.25) is 14.6 Å². The van der Waals surface area contributed by atoms with Gasteiger partial charge in [0.15, 0.2) is 0 Å². The molecule has 116 valence electrons. The standard InChI is InChI=1S/C14H21N3O4/c1-8(2)6-10(7-18)16-12(19)5-4-11-9(3)15-14(21)17-13(11)20/h4-5,8,10,18H,6-7H2,1-3H3,(H,16,19)(H2,15,17,20,21)/b5-4+/t10-/m0/s1. The van der Waals surface area contributed by atoms with E-state index in [0.29, 0.717) is 18.0 Å². The summed E-state index contributed by atoms with van der Waals surface area (Å²) in [6.45, 7) is 5.42. The molecule has 7 nitrogen and oxygen atoms in total. The third-order valence-corrected chi connectivity index (χ3v) is 2.90. The van der Waals surface area contributed by atoms with E-state index in [-0.39, 0.29) is 18.2 Å². The Labute approximate surface area is 122 Å². The molecule has 1 atom stereocenters. The highest BCUT2D eigenvalue weighted by atomic mass is 16.3. The minimum absolute atomic E-state index is 0.143. The van der Waals surface area contributed by atoms with Crippen LogP contribution in [0.2, 0.25) is 0 Å². The molecule has 1 amide bonds. The predicted molar refractivity (Wildman–Crippen MR) is 79.9 cm³/mol. The van der Waals surface area contributed by atoms with Crippen LogP contribution in [0.3, 0.4) is 0 Å². The molecule has 1 aromatic heterocycles. The van der Waals surface area contributed by atoms with Gasteiger partial charge in [0.2, 0.25) is 5.91 Å². The molecule has 0 bridgehead atoms. The van der Waals surface area contributed by atoms with Crippen molar-refractivity contribution in [2.75, 3.05) is 6.61 Å². The van der Waals surface area contributed by atoms with Gasteiger partial charge in [-0.1, -0.05) is 13.8 Å². The molecular formula is C14H21N3O4. The zero-order chi connectivity index (χ0) is 16.0. The molecule has 1 heterocycles. The van der Waals surface area contributed by atoms with E-state index < -0.39 is 17.2 Å². The summed E-state index contributed by atoms with van der Waals surface area (Å²) in [6.07, 6.45) is 3.20. The van der Waals surface area contributed by atoms with Crippen LogP contribution in [-0.4, -0.2) is 33.6 Å². The van der Waals surface area contributed by atoms with Gasteiger partial charge in [-0.25, -0.2) is 4.79 Å². The van der Waals surface area contributed by atoms with Crippen molar-refractivity contribution >= 4 is 12.0 Å². The van der Waals surface area contributed by atoms with E-state index in [9.17, 15) is 19.5 Å². The number of hydrogen-bond acceptors (Lipinski definition) is 4. The quantitative estimate of drug-likeness (QED) is 0.549. The fraction of sp³-hybridized carbons (Fsp3) is 0.500. The van der Waals surface area contributed by atoms with Crippen molar-refractivity contribution in [3.05, 3.63) is 38.2 Å². The number of amides is 1. The maximum atomic E-state index is 11.8. The molecule has 0 aromatic carbocycles. The number of aliphatic hydroxyl groups excluding tert-OH is 1. The molecule has 1 aromatic rings. The maximum Gasteiger partial charge on any atom is 0.325 e. The van der Waals surface area contributed by atoms with Crippen LogP contribution in [0, 0.1) is 12.8 Å². The van der Waals surface area contributed by atoms with Gasteiger partial charge in [-0.15, -0.1) is 0 Å². The largest absolute Gasteiger partial charge is 0.394 e. The Morgan fingerprint density at radius 1 is 1.33 bits per heavy atom. The first-order valence-corrected chi connectivity index (χ1v) is 6.76. The molecule has 7 heteroatoms. The van der Waals surface area contributed by atoms with Gasteiger partial charge in [0.05, 0.1) is 18.2 Å². The summed E-state index contributed by atoms with van der Waals surface area (Å²) >= 11 is 0. The second-order valence-corrected chi connectivity index (χ2v) is 5.30. The van der Waals surface area contributed by atoms with Crippen LogP contribution >= 0.6 is 0 Å². The van der Waals surface area contributed by atoms with E-state index >= 15 is 0 Å². The third-order valence-electron chi connectivity index (χ3n) is 2.90. The number of rotatable bonds is 6. The van der Waals surface area contributed by atoms with E-state index in [4.69, 9.17) is 0 Å². The minimum Gasteiger partial charge on any atom is -0.394 e. The minimum atomic E-state index is -0.587. The molecule has 4 N–H and O–H groups in total. The molecule has 1 rings (SSSR count). The van der Waals surface area contributed by atoms with Crippen LogP contribution in [0.5, 0.6) is 0 Å². The van der Waals surface area contributed by atoms with E-state index in [2.05, 4.69) is 15.3 Å². The van der Waals surface area contributed by atoms with Crippen molar-refractivity contribution in [2.24, 2.45) is 5.92 Å². The highest BCUT2D eigenvalue weighted by Gasteiger charge is 2.11. The molecule has 21 heavy (non-hydrogen) atoms. The van der Waals surface area contributed by atoms with Crippen LogP contribution in [0.4, 0.5) is 0 Å². The van der Waals surface area contributed by atoms with E-state index in [1.54, 1.807) is 6.92 Å². The van der Waals surface area contributed by atoms with E-state index in [1.165, 1.54) is 12.2 Å². The van der Waals surface area contributed by atoms with Crippen molar-refractivity contribution in [2.45, 2.75) is 33.2 Å². The number of aromatic amines is 2. The summed E-state index contributed by atoms with van der Waals surface area (Å²) in [7, 11) is 0. The summed E-state index contributed by atoms with van der Waals surface area (Å²) in [5.41, 5.74) is -0.541. The molecule has 0 spiro atoms. The van der Waals surface area contributed by atoms with Gasteiger partial charge < -0.3 is 15.4 Å². The van der Waals surface area contributed by atoms with Crippen LogP contribution < -0.4 is 16.6 Å². The number of aryl methyl sites for hydroxylation is 1. The molecule has 0 unspecified atom stereocenters. The average molecular weight is 295 g/mol. The number of carbonyl (C=O) groups is 1. The lowest BCUT2D eigenvalue weighted by molar-refractivity contribution is -0.117. The zero-order valence-electron chi connectivity index (χ0n) is 12.4. The first-order chi connectivity index (χ1) is 9.83. The van der Waals surface area contributed by atoms with Gasteiger partial charge in [0.1, 0.15) is 0 Å². The summed E-state index contributed by atoms with van der Waals surface area (Å²) in [6, 6.07) is -0.322. The summed E-state index contributed by atoms with van der Waals surface area (Å²) < 4.78 is 0. The van der Waals surface area contributed by atoms with Crippen LogP contribution in [-0.2, 0) is 4.79 Å². The number of aliphatic hydroxyl groups is 1. The Kier molecular flexibility index (Phi) is 6.10. The van der Waals surface area contributed by atoms with Crippen molar-refractivity contribution in [3.8, 4) is 0 Å². The molecular weight excluding hydrogens is 274 g/mol. The first-order valence-electron chi connectivity index (χ1n) is 6.76. The Balaban J connectivity index is 2.79. The smallest absolute Gasteiger partial charge is 0.325 e. The fourth-order valence-electron chi connectivity index (χ4n) is 1.97. The SMILES string of the molecule is Cc1[nH]c(=O)[nH]c(=O)c1/C=C/C(=O)N[C@H](CO)CC(C)C. The van der Waals surface area contributed by atoms with Gasteiger partial charge in [0.25, 0.3) is 5.56 Å². The van der Waals surface area contributed by atoms with Crippen LogP contribution in [0.25, 0.3) is 6.08 Å². The van der Waals surface area contributed by atoms with Gasteiger partial charge >= 0.3 is 5.69 Å². The lowest BCUT2D eigenvalue weighted by Crippen LogP contribution is -2.37. The number of hydrogen-bond donors (Lipinski definition) is 4. The number of carbonyl (C=O) groups excluding carboxylic acids is 1. The Bertz CT molecular complexity index is 628. The highest BCUT2D eigenvalue weighted by Crippen LogP contribution is 2.04. The van der Waals surface area contributed by atoms with Gasteiger partial charge in [-0.2, -0.15) is 0 Å². The summed E-state index contributed by atoms with van der Waals surface area (Å²) in [5.74, 6) is -0.0598. The Morgan fingerprint density at radius 2 is 2.00 bits per heavy atom. The zero-order valence-corrected chi connectivity index (χ0v) is 12.4. The average Bonchev–Trinajstić information content (AvgIpc) is 2.35. The third kappa shape index (κ3) is 5.39. The lowest BCUT2D eigenvalue weighted by Gasteiger charge is -2.17. The molecule has 0 saturated heterocycles. The summed E-state index contributed by atoms with van der Waals surface area (Å²) in [4.78, 5) is 38.9. The molecule has 0 aliphatic carbocycles. The predicted octanol–water partition coefficient (Wildman–Crippen LogP) is -0.0920. The van der Waals surface area contributed by atoms with E-state index in [1.807, 2.05) is 13.8 Å². The molecule has 0 aliphatic heterocycles. The lowest BCUT2D eigenvalue weighted by atomic mass is 10.0. The van der Waals surface area contributed by atoms with Crippen LogP contribution in [0.1, 0.15) is 31.5 Å². The van der Waals surface area contributed by atoms with Gasteiger partial charge in [-0.05, 0) is 25.3 Å². The van der Waals surface area contributed by atoms with Crippen molar-refractivity contribution < 1.29 is 9.90 Å². The topological polar surface area (TPSA) is 115 Å². The number of aromatic nitrogens is 2. The highest BCUT2D eigenvalue weighted by molar-refractivity contribution is 5.91. The number of H-pyrrole nitrogens is 2. The second-order valence-electron chi connectivity index (χ2n) is 5.30. The van der Waals surface area contributed by atoms with E-state index in [0.717, 1.165) is 0 Å². The second kappa shape index (κ2) is 7.58. The molecule has 0 aliphatic rings. The Morgan fingerprint density at radius 3 is 2.52 bits per heavy atom. The normalized spacial score (nSPS) is 12.8. The fourth-order valence-corrected chi connectivity index (χ4v) is 1.97. The van der Waals surface area contributed by atoms with Crippen molar-refractivity contribution in [1.82, 2.24) is 15.3 Å². The maximum absolute atomic E-state index is 11.8. The monoisotopic (exact) mass is 295 g/mol. The Hall–Kier alpha value is -2.15. The van der Waals surface area contributed by atoms with Crippen LogP contribution in [0.15, 0.2) is 15.7 Å². The molecule has 0 radical (unpaired) electrons. The number of nitrogens with one attached hydrogen (secondary N) is 3. The van der Waals surface area contributed by atoms with Gasteiger partial charge in [0, 0.05) is 11.8 Å². The molecule has 0 fully saturated rings. The molecule has 0 saturated carbocycles. The first kappa shape index (κ1) is 16.9. The van der Waals surface area contributed by atoms with Crippen molar-refractivity contribution in [1.29, 1.82) is 0 Å². The summed E-state index contributed by atoms with van der Waals surface area (Å²) in [5, 5.41) is 11.9. The van der Waals surface area contributed by atoms with Crippen molar-refractivity contribution in [3.63, 3.8) is 0 Å².